The maximum Gasteiger partial charge on any atom is 0.220 e. The molecule has 0 aromatic heterocycles. The van der Waals surface area contributed by atoms with E-state index in [9.17, 15) is 9.90 Å². The van der Waals surface area contributed by atoms with Crippen LogP contribution in [0.4, 0.5) is 0 Å². The van der Waals surface area contributed by atoms with Crippen LogP contribution >= 0.6 is 23.4 Å². The molecule has 1 rings (SSSR count). The van der Waals surface area contributed by atoms with Crippen molar-refractivity contribution in [2.24, 2.45) is 5.92 Å². The first-order chi connectivity index (χ1) is 10.1. The Morgan fingerprint density at radius 2 is 2.00 bits per heavy atom. The maximum atomic E-state index is 11.8. The topological polar surface area (TPSA) is 49.3 Å². The SMILES string of the molecule is CCC(CC)C(O)CNC(=O)CCSc1ccccc1Cl. The quantitative estimate of drug-likeness (QED) is 0.679. The molecule has 3 nitrogen and oxygen atoms in total. The molecular formula is C16H24ClNO2S. The Balaban J connectivity index is 2.24. The number of halogens is 1. The smallest absolute Gasteiger partial charge is 0.220 e. The number of benzene rings is 1. The Hall–Kier alpha value is -0.710. The van der Waals surface area contributed by atoms with Gasteiger partial charge in [-0.25, -0.2) is 0 Å². The average molecular weight is 330 g/mol. The van der Waals surface area contributed by atoms with E-state index in [1.54, 1.807) is 11.8 Å². The monoisotopic (exact) mass is 329 g/mol. The lowest BCUT2D eigenvalue weighted by atomic mass is 9.96. The van der Waals surface area contributed by atoms with Crippen molar-refractivity contribution >= 4 is 29.3 Å². The maximum absolute atomic E-state index is 11.8. The highest BCUT2D eigenvalue weighted by atomic mass is 35.5. The molecule has 5 heteroatoms. The molecule has 0 spiro atoms. The Morgan fingerprint density at radius 3 is 2.62 bits per heavy atom. The molecule has 1 amide bonds. The fraction of sp³-hybridized carbons (Fsp3) is 0.562. The predicted octanol–water partition coefficient (Wildman–Crippen LogP) is 3.74. The molecule has 0 saturated heterocycles. The largest absolute Gasteiger partial charge is 0.391 e. The number of aliphatic hydroxyl groups is 1. The minimum absolute atomic E-state index is 0.0282. The number of hydrogen-bond acceptors (Lipinski definition) is 3. The van der Waals surface area contributed by atoms with Gasteiger partial charge in [-0.1, -0.05) is 50.4 Å². The van der Waals surface area contributed by atoms with E-state index >= 15 is 0 Å². The zero-order valence-corrected chi connectivity index (χ0v) is 14.2. The molecule has 2 N–H and O–H groups in total. The van der Waals surface area contributed by atoms with E-state index < -0.39 is 6.10 Å². The molecule has 0 aliphatic heterocycles. The first-order valence-corrected chi connectivity index (χ1v) is 8.76. The van der Waals surface area contributed by atoms with Gasteiger partial charge in [0.05, 0.1) is 11.1 Å². The fourth-order valence-electron chi connectivity index (χ4n) is 2.12. The molecule has 1 atom stereocenters. The summed E-state index contributed by atoms with van der Waals surface area (Å²) in [4.78, 5) is 12.7. The molecule has 0 aliphatic carbocycles. The first-order valence-electron chi connectivity index (χ1n) is 7.40. The zero-order chi connectivity index (χ0) is 15.7. The van der Waals surface area contributed by atoms with E-state index in [1.807, 2.05) is 24.3 Å². The molecule has 0 heterocycles. The lowest BCUT2D eigenvalue weighted by Gasteiger charge is -2.20. The average Bonchev–Trinajstić information content (AvgIpc) is 2.48. The number of rotatable bonds is 9. The van der Waals surface area contributed by atoms with Crippen LogP contribution in [0.3, 0.4) is 0 Å². The molecule has 0 bridgehead atoms. The number of carbonyl (C=O) groups is 1. The van der Waals surface area contributed by atoms with E-state index in [0.717, 1.165) is 17.7 Å². The molecule has 1 aromatic carbocycles. The second kappa shape index (κ2) is 10.1. The highest BCUT2D eigenvalue weighted by molar-refractivity contribution is 7.99. The lowest BCUT2D eigenvalue weighted by Crippen LogP contribution is -2.36. The van der Waals surface area contributed by atoms with Crippen LogP contribution in [0.25, 0.3) is 0 Å². The van der Waals surface area contributed by atoms with Gasteiger partial charge in [-0.05, 0) is 18.1 Å². The van der Waals surface area contributed by atoms with E-state index in [-0.39, 0.29) is 11.8 Å². The van der Waals surface area contributed by atoms with Crippen LogP contribution in [0.2, 0.25) is 5.02 Å². The van der Waals surface area contributed by atoms with Crippen molar-refractivity contribution in [1.29, 1.82) is 0 Å². The lowest BCUT2D eigenvalue weighted by molar-refractivity contribution is -0.121. The van der Waals surface area contributed by atoms with Gasteiger partial charge < -0.3 is 10.4 Å². The van der Waals surface area contributed by atoms with Crippen molar-refractivity contribution in [3.8, 4) is 0 Å². The van der Waals surface area contributed by atoms with Crippen molar-refractivity contribution < 1.29 is 9.90 Å². The fourth-order valence-corrected chi connectivity index (χ4v) is 3.31. The van der Waals surface area contributed by atoms with Gasteiger partial charge in [-0.2, -0.15) is 0 Å². The molecule has 21 heavy (non-hydrogen) atoms. The van der Waals surface area contributed by atoms with Crippen LogP contribution in [-0.4, -0.2) is 29.4 Å². The van der Waals surface area contributed by atoms with Crippen LogP contribution < -0.4 is 5.32 Å². The molecular weight excluding hydrogens is 306 g/mol. The summed E-state index contributed by atoms with van der Waals surface area (Å²) in [6, 6.07) is 7.61. The summed E-state index contributed by atoms with van der Waals surface area (Å²) in [5, 5.41) is 13.5. The van der Waals surface area contributed by atoms with Crippen molar-refractivity contribution in [2.45, 2.75) is 44.1 Å². The summed E-state index contributed by atoms with van der Waals surface area (Å²) in [5.74, 6) is 0.902. The summed E-state index contributed by atoms with van der Waals surface area (Å²) in [7, 11) is 0. The van der Waals surface area contributed by atoms with Gasteiger partial charge in [0.1, 0.15) is 0 Å². The van der Waals surface area contributed by atoms with Gasteiger partial charge in [0.2, 0.25) is 5.91 Å². The molecule has 0 aliphatic rings. The minimum Gasteiger partial charge on any atom is -0.391 e. The Labute approximate surface area is 136 Å². The highest BCUT2D eigenvalue weighted by Crippen LogP contribution is 2.26. The number of aliphatic hydroxyl groups excluding tert-OH is 1. The summed E-state index contributed by atoms with van der Waals surface area (Å²) in [6.07, 6.45) is 1.82. The Bertz CT molecular complexity index is 438. The third-order valence-electron chi connectivity index (χ3n) is 3.52. The molecule has 0 fully saturated rings. The summed E-state index contributed by atoms with van der Waals surface area (Å²) in [5.41, 5.74) is 0. The van der Waals surface area contributed by atoms with E-state index in [0.29, 0.717) is 23.7 Å². The number of nitrogens with one attached hydrogen (secondary N) is 1. The summed E-state index contributed by atoms with van der Waals surface area (Å²) in [6.45, 7) is 4.45. The number of carbonyl (C=O) groups excluding carboxylic acids is 1. The molecule has 0 saturated carbocycles. The molecule has 118 valence electrons. The van der Waals surface area contributed by atoms with Gasteiger partial charge in [0.25, 0.3) is 0 Å². The third kappa shape index (κ3) is 6.72. The minimum atomic E-state index is -0.458. The third-order valence-corrected chi connectivity index (χ3v) is 5.04. The Kier molecular flexibility index (Phi) is 8.81. The molecule has 1 aromatic rings. The highest BCUT2D eigenvalue weighted by Gasteiger charge is 2.16. The number of thioether (sulfide) groups is 1. The van der Waals surface area contributed by atoms with Crippen molar-refractivity contribution in [2.75, 3.05) is 12.3 Å². The van der Waals surface area contributed by atoms with Gasteiger partial charge in [-0.3, -0.25) is 4.79 Å². The molecule has 1 unspecified atom stereocenters. The summed E-state index contributed by atoms with van der Waals surface area (Å²) >= 11 is 7.62. The normalized spacial score (nSPS) is 12.4. The van der Waals surface area contributed by atoms with Gasteiger partial charge in [-0.15, -0.1) is 11.8 Å². The van der Waals surface area contributed by atoms with Gasteiger partial charge >= 0.3 is 0 Å². The Morgan fingerprint density at radius 1 is 1.33 bits per heavy atom. The van der Waals surface area contributed by atoms with E-state index in [4.69, 9.17) is 11.6 Å². The van der Waals surface area contributed by atoms with Crippen LogP contribution in [0.15, 0.2) is 29.2 Å². The molecule has 0 radical (unpaired) electrons. The van der Waals surface area contributed by atoms with Gasteiger partial charge in [0, 0.05) is 23.6 Å². The number of amides is 1. The van der Waals surface area contributed by atoms with Crippen LogP contribution in [0, 0.1) is 5.92 Å². The first kappa shape index (κ1) is 18.3. The number of hydrogen-bond donors (Lipinski definition) is 2. The predicted molar refractivity (Wildman–Crippen MR) is 89.9 cm³/mol. The van der Waals surface area contributed by atoms with Crippen LogP contribution in [-0.2, 0) is 4.79 Å². The van der Waals surface area contributed by atoms with Gasteiger partial charge in [0.15, 0.2) is 0 Å². The summed E-state index contributed by atoms with van der Waals surface area (Å²) < 4.78 is 0. The van der Waals surface area contributed by atoms with E-state index in [1.165, 1.54) is 0 Å². The van der Waals surface area contributed by atoms with Crippen LogP contribution in [0.1, 0.15) is 33.1 Å². The van der Waals surface area contributed by atoms with Crippen molar-refractivity contribution in [3.05, 3.63) is 29.3 Å². The standard InChI is InChI=1S/C16H24ClNO2S/c1-3-12(4-2)14(19)11-18-16(20)9-10-21-15-8-6-5-7-13(15)17/h5-8,12,14,19H,3-4,9-11H2,1-2H3,(H,18,20). The van der Waals surface area contributed by atoms with E-state index in [2.05, 4.69) is 19.2 Å². The second-order valence-electron chi connectivity index (χ2n) is 4.98. The van der Waals surface area contributed by atoms with Crippen LogP contribution in [0.5, 0.6) is 0 Å². The second-order valence-corrected chi connectivity index (χ2v) is 6.52. The zero-order valence-electron chi connectivity index (χ0n) is 12.6. The van der Waals surface area contributed by atoms with Crippen molar-refractivity contribution in [3.63, 3.8) is 0 Å². The van der Waals surface area contributed by atoms with Crippen molar-refractivity contribution in [1.82, 2.24) is 5.32 Å².